The lowest BCUT2D eigenvalue weighted by Gasteiger charge is -2.12. The van der Waals surface area contributed by atoms with Crippen molar-refractivity contribution in [1.82, 2.24) is 0 Å². The summed E-state index contributed by atoms with van der Waals surface area (Å²) in [7, 11) is -1.07. The topological polar surface area (TPSA) is 81.7 Å². The van der Waals surface area contributed by atoms with E-state index in [9.17, 15) is 13.2 Å². The Labute approximate surface area is 140 Å². The lowest BCUT2D eigenvalue weighted by Crippen LogP contribution is -2.12. The third-order valence-corrected chi connectivity index (χ3v) is 6.16. The number of benzene rings is 1. The predicted octanol–water partition coefficient (Wildman–Crippen LogP) is 3.11. The number of sulfonamides is 1. The maximum atomic E-state index is 12.3. The summed E-state index contributed by atoms with van der Waals surface area (Å²) in [4.78, 5) is 11.5. The summed E-state index contributed by atoms with van der Waals surface area (Å²) in [6.07, 6.45) is 0. The van der Waals surface area contributed by atoms with Crippen LogP contribution in [0, 0.1) is 0 Å². The smallest absolute Gasteiger partial charge is 0.337 e. The molecule has 118 valence electrons. The molecule has 0 saturated carbocycles. The molecular weight excluding hydrogens is 394 g/mol. The van der Waals surface area contributed by atoms with E-state index < -0.39 is 16.0 Å². The number of esters is 1. The average molecular weight is 406 g/mol. The molecule has 1 N–H and O–H groups in total. The van der Waals surface area contributed by atoms with Crippen LogP contribution < -0.4 is 9.46 Å². The molecule has 0 fully saturated rings. The second kappa shape index (κ2) is 6.67. The summed E-state index contributed by atoms with van der Waals surface area (Å²) < 4.78 is 37.6. The van der Waals surface area contributed by atoms with E-state index in [1.54, 1.807) is 6.07 Å². The van der Waals surface area contributed by atoms with Crippen LogP contribution in [0.4, 0.5) is 5.69 Å². The number of carbonyl (C=O) groups excluding carboxylic acids is 1. The van der Waals surface area contributed by atoms with Crippen molar-refractivity contribution in [2.75, 3.05) is 18.9 Å². The number of halogens is 1. The van der Waals surface area contributed by atoms with Gasteiger partial charge in [-0.3, -0.25) is 4.72 Å². The van der Waals surface area contributed by atoms with Gasteiger partial charge in [0.25, 0.3) is 10.0 Å². The van der Waals surface area contributed by atoms with Crippen LogP contribution in [0.15, 0.2) is 38.3 Å². The summed E-state index contributed by atoms with van der Waals surface area (Å²) >= 11 is 4.31. The highest BCUT2D eigenvalue weighted by Gasteiger charge is 2.19. The number of hydrogen-bond donors (Lipinski definition) is 1. The number of thiophene rings is 1. The Morgan fingerprint density at radius 3 is 2.50 bits per heavy atom. The van der Waals surface area contributed by atoms with E-state index in [4.69, 9.17) is 4.74 Å². The summed E-state index contributed by atoms with van der Waals surface area (Å²) in [6, 6.07) is 7.46. The van der Waals surface area contributed by atoms with E-state index in [0.717, 1.165) is 11.3 Å². The fourth-order valence-corrected chi connectivity index (χ4v) is 4.74. The molecule has 22 heavy (non-hydrogen) atoms. The van der Waals surface area contributed by atoms with E-state index >= 15 is 0 Å². The lowest BCUT2D eigenvalue weighted by atomic mass is 10.2. The van der Waals surface area contributed by atoms with E-state index in [-0.39, 0.29) is 21.2 Å². The molecule has 0 radical (unpaired) electrons. The van der Waals surface area contributed by atoms with Crippen molar-refractivity contribution in [1.29, 1.82) is 0 Å². The minimum Gasteiger partial charge on any atom is -0.495 e. The molecular formula is C13H12BrNO5S2. The van der Waals surface area contributed by atoms with E-state index in [1.807, 2.05) is 0 Å². The zero-order valence-electron chi connectivity index (χ0n) is 11.6. The van der Waals surface area contributed by atoms with Crippen molar-refractivity contribution in [3.63, 3.8) is 0 Å². The molecule has 0 saturated heterocycles. The molecule has 0 aliphatic heterocycles. The molecule has 0 unspecified atom stereocenters. The Balaban J connectivity index is 2.35. The number of methoxy groups -OCH3 is 2. The van der Waals surface area contributed by atoms with Crippen LogP contribution in [0.1, 0.15) is 10.4 Å². The van der Waals surface area contributed by atoms with Crippen LogP contribution in [-0.4, -0.2) is 28.6 Å². The molecule has 9 heteroatoms. The lowest BCUT2D eigenvalue weighted by molar-refractivity contribution is 0.0600. The van der Waals surface area contributed by atoms with Gasteiger partial charge >= 0.3 is 5.97 Å². The number of nitrogens with one attached hydrogen (secondary N) is 1. The number of ether oxygens (including phenoxy) is 2. The van der Waals surface area contributed by atoms with Crippen LogP contribution in [0.25, 0.3) is 0 Å². The second-order valence-corrected chi connectivity index (χ2v) is 8.44. The van der Waals surface area contributed by atoms with Gasteiger partial charge in [-0.05, 0) is 46.3 Å². The van der Waals surface area contributed by atoms with Gasteiger partial charge in [0.15, 0.2) is 0 Å². The zero-order valence-corrected chi connectivity index (χ0v) is 14.8. The maximum Gasteiger partial charge on any atom is 0.337 e. The quantitative estimate of drug-likeness (QED) is 0.772. The van der Waals surface area contributed by atoms with Gasteiger partial charge in [-0.1, -0.05) is 0 Å². The first-order valence-corrected chi connectivity index (χ1v) is 9.01. The molecule has 0 spiro atoms. The Hall–Kier alpha value is -1.58. The van der Waals surface area contributed by atoms with Gasteiger partial charge < -0.3 is 9.47 Å². The first kappa shape index (κ1) is 16.8. The Morgan fingerprint density at radius 1 is 1.23 bits per heavy atom. The van der Waals surface area contributed by atoms with Crippen molar-refractivity contribution >= 4 is 48.9 Å². The largest absolute Gasteiger partial charge is 0.495 e. The molecule has 1 heterocycles. The Kier molecular flexibility index (Phi) is 5.09. The summed E-state index contributed by atoms with van der Waals surface area (Å²) in [5, 5.41) is 0. The fourth-order valence-electron chi connectivity index (χ4n) is 1.66. The minimum atomic E-state index is -3.72. The Bertz CT molecular complexity index is 801. The monoisotopic (exact) mass is 405 g/mol. The molecule has 0 amide bonds. The molecule has 0 atom stereocenters. The number of carbonyl (C=O) groups is 1. The minimum absolute atomic E-state index is 0.165. The van der Waals surface area contributed by atoms with E-state index in [2.05, 4.69) is 25.4 Å². The van der Waals surface area contributed by atoms with Crippen molar-refractivity contribution in [3.8, 4) is 5.75 Å². The standard InChI is InChI=1S/C13H12BrNO5S2/c1-19-10-7-8(13(16)20-2)3-4-9(10)15-22(17,18)12-6-5-11(14)21-12/h3-7,15H,1-2H3. The highest BCUT2D eigenvalue weighted by Crippen LogP contribution is 2.31. The first-order valence-electron chi connectivity index (χ1n) is 5.92. The van der Waals surface area contributed by atoms with Gasteiger partial charge in [-0.15, -0.1) is 11.3 Å². The zero-order chi connectivity index (χ0) is 16.3. The molecule has 0 bridgehead atoms. The van der Waals surface area contributed by atoms with Crippen LogP contribution in [0.2, 0.25) is 0 Å². The van der Waals surface area contributed by atoms with Gasteiger partial charge in [-0.25, -0.2) is 13.2 Å². The molecule has 0 aliphatic carbocycles. The van der Waals surface area contributed by atoms with E-state index in [0.29, 0.717) is 3.79 Å². The van der Waals surface area contributed by atoms with Gasteiger partial charge in [0.2, 0.25) is 0 Å². The summed E-state index contributed by atoms with van der Waals surface area (Å²) in [5.74, 6) is -0.308. The first-order chi connectivity index (χ1) is 10.4. The van der Waals surface area contributed by atoms with Crippen LogP contribution in [-0.2, 0) is 14.8 Å². The van der Waals surface area contributed by atoms with Gasteiger partial charge in [-0.2, -0.15) is 0 Å². The highest BCUT2D eigenvalue weighted by molar-refractivity contribution is 9.11. The number of hydrogen-bond acceptors (Lipinski definition) is 6. The fraction of sp³-hybridized carbons (Fsp3) is 0.154. The third-order valence-electron chi connectivity index (χ3n) is 2.68. The summed E-state index contributed by atoms with van der Waals surface area (Å²) in [6.45, 7) is 0. The van der Waals surface area contributed by atoms with Crippen LogP contribution in [0.5, 0.6) is 5.75 Å². The average Bonchev–Trinajstić information content (AvgIpc) is 2.94. The van der Waals surface area contributed by atoms with Gasteiger partial charge in [0.1, 0.15) is 9.96 Å². The van der Waals surface area contributed by atoms with Crippen molar-refractivity contribution in [2.24, 2.45) is 0 Å². The number of rotatable bonds is 5. The van der Waals surface area contributed by atoms with Crippen LogP contribution >= 0.6 is 27.3 Å². The highest BCUT2D eigenvalue weighted by atomic mass is 79.9. The molecule has 2 aromatic rings. The number of anilines is 1. The second-order valence-electron chi connectivity index (χ2n) is 4.07. The van der Waals surface area contributed by atoms with Crippen molar-refractivity contribution in [3.05, 3.63) is 39.7 Å². The summed E-state index contributed by atoms with van der Waals surface area (Å²) in [5.41, 5.74) is 0.501. The van der Waals surface area contributed by atoms with Crippen LogP contribution in [0.3, 0.4) is 0 Å². The predicted molar refractivity (Wildman–Crippen MR) is 87.2 cm³/mol. The molecule has 6 nitrogen and oxygen atoms in total. The van der Waals surface area contributed by atoms with Gasteiger partial charge in [0.05, 0.1) is 29.3 Å². The van der Waals surface area contributed by atoms with Crippen molar-refractivity contribution < 1.29 is 22.7 Å². The maximum absolute atomic E-state index is 12.3. The molecule has 1 aromatic carbocycles. The Morgan fingerprint density at radius 2 is 1.95 bits per heavy atom. The third kappa shape index (κ3) is 3.60. The van der Waals surface area contributed by atoms with E-state index in [1.165, 1.54) is 38.5 Å². The molecule has 0 aliphatic rings. The molecule has 1 aromatic heterocycles. The normalized spacial score (nSPS) is 11.0. The molecule has 2 rings (SSSR count). The van der Waals surface area contributed by atoms with Gasteiger partial charge in [0, 0.05) is 0 Å². The SMILES string of the molecule is COC(=O)c1ccc(NS(=O)(=O)c2ccc(Br)s2)c(OC)c1. The van der Waals surface area contributed by atoms with Crippen molar-refractivity contribution in [2.45, 2.75) is 4.21 Å².